The molecule has 4 rings (SSSR count). The van der Waals surface area contributed by atoms with Crippen molar-refractivity contribution in [3.8, 4) is 11.5 Å². The Balaban J connectivity index is 1.86. The number of fused-ring (bicyclic) bond motifs is 2. The Hall–Kier alpha value is -2.01. The van der Waals surface area contributed by atoms with Crippen LogP contribution in [0.25, 0.3) is 0 Å². The molecule has 4 nitrogen and oxygen atoms in total. The number of hydrogen-bond donors (Lipinski definition) is 0. The molecule has 0 aliphatic carbocycles. The molecule has 0 spiro atoms. The van der Waals surface area contributed by atoms with E-state index in [9.17, 15) is 4.79 Å². The van der Waals surface area contributed by atoms with Crippen LogP contribution in [0.4, 0.5) is 0 Å². The highest BCUT2D eigenvalue weighted by Gasteiger charge is 2.35. The van der Waals surface area contributed by atoms with E-state index >= 15 is 0 Å². The van der Waals surface area contributed by atoms with E-state index in [-0.39, 0.29) is 12.1 Å². The molecular weight excluding hydrogens is 264 g/mol. The minimum Gasteiger partial charge on any atom is -0.486 e. The number of ether oxygens (including phenoxy) is 3. The van der Waals surface area contributed by atoms with Crippen LogP contribution in [0.1, 0.15) is 26.9 Å². The van der Waals surface area contributed by atoms with Crippen molar-refractivity contribution in [1.82, 2.24) is 0 Å². The van der Waals surface area contributed by atoms with Gasteiger partial charge in [-0.25, -0.2) is 4.79 Å². The number of carbonyl (C=O) groups is 1. The Morgan fingerprint density at radius 2 is 1.95 bits per heavy atom. The molecule has 2 aliphatic heterocycles. The predicted octanol–water partition coefficient (Wildman–Crippen LogP) is 2.78. The molecule has 3 heterocycles. The van der Waals surface area contributed by atoms with Crippen molar-refractivity contribution in [3.63, 3.8) is 0 Å². The summed E-state index contributed by atoms with van der Waals surface area (Å²) in [4.78, 5) is 13.0. The second-order valence-electron chi connectivity index (χ2n) is 4.38. The highest BCUT2D eigenvalue weighted by Crippen LogP contribution is 2.43. The molecule has 0 amide bonds. The summed E-state index contributed by atoms with van der Waals surface area (Å²) in [5, 5.41) is 1.97. The second-order valence-corrected chi connectivity index (χ2v) is 5.36. The standard InChI is InChI=1S/C14H10O4S/c15-14-9-7-11-10(16-3-4-17-11)6-8(9)13(18-14)12-2-1-5-19-12/h1-2,5-7,13H,3-4H2/t13-/m1/s1. The van der Waals surface area contributed by atoms with Gasteiger partial charge in [-0.05, 0) is 23.6 Å². The average Bonchev–Trinajstić information content (AvgIpc) is 3.05. The van der Waals surface area contributed by atoms with Crippen LogP contribution in [0.5, 0.6) is 11.5 Å². The summed E-state index contributed by atoms with van der Waals surface area (Å²) in [6, 6.07) is 7.50. The van der Waals surface area contributed by atoms with Crippen LogP contribution in [0.15, 0.2) is 29.6 Å². The van der Waals surface area contributed by atoms with E-state index in [4.69, 9.17) is 14.2 Å². The van der Waals surface area contributed by atoms with Gasteiger partial charge in [0.15, 0.2) is 17.6 Å². The van der Waals surface area contributed by atoms with Crippen molar-refractivity contribution in [2.45, 2.75) is 6.10 Å². The maximum Gasteiger partial charge on any atom is 0.339 e. The molecule has 0 saturated carbocycles. The summed E-state index contributed by atoms with van der Waals surface area (Å²) in [7, 11) is 0. The van der Waals surface area contributed by atoms with Crippen molar-refractivity contribution >= 4 is 17.3 Å². The third kappa shape index (κ3) is 1.62. The average molecular weight is 274 g/mol. The minimum absolute atomic E-state index is 0.301. The molecule has 0 N–H and O–H groups in total. The van der Waals surface area contributed by atoms with Crippen LogP contribution < -0.4 is 9.47 Å². The molecule has 0 fully saturated rings. The Labute approximate surface area is 113 Å². The number of hydrogen-bond acceptors (Lipinski definition) is 5. The summed E-state index contributed by atoms with van der Waals surface area (Å²) in [6.45, 7) is 1.04. The summed E-state index contributed by atoms with van der Waals surface area (Å²) in [5.41, 5.74) is 1.43. The zero-order valence-electron chi connectivity index (χ0n) is 9.92. The third-order valence-corrected chi connectivity index (χ3v) is 4.16. The van der Waals surface area contributed by atoms with Gasteiger partial charge >= 0.3 is 5.97 Å². The lowest BCUT2D eigenvalue weighted by molar-refractivity contribution is 0.0461. The van der Waals surface area contributed by atoms with Gasteiger partial charge in [-0.3, -0.25) is 0 Å². The monoisotopic (exact) mass is 274 g/mol. The minimum atomic E-state index is -0.321. The number of cyclic esters (lactones) is 1. The van der Waals surface area contributed by atoms with Crippen LogP contribution in [0.3, 0.4) is 0 Å². The van der Waals surface area contributed by atoms with Crippen molar-refractivity contribution in [1.29, 1.82) is 0 Å². The van der Waals surface area contributed by atoms with E-state index < -0.39 is 0 Å². The SMILES string of the molecule is O=C1O[C@@H](c2cccs2)c2cc3c(cc21)OCCO3. The van der Waals surface area contributed by atoms with E-state index in [1.54, 1.807) is 17.4 Å². The predicted molar refractivity (Wildman–Crippen MR) is 69.0 cm³/mol. The first-order valence-corrected chi connectivity index (χ1v) is 6.89. The zero-order valence-corrected chi connectivity index (χ0v) is 10.7. The number of esters is 1. The smallest absolute Gasteiger partial charge is 0.339 e. The lowest BCUT2D eigenvalue weighted by Crippen LogP contribution is -2.16. The summed E-state index contributed by atoms with van der Waals surface area (Å²) in [5.74, 6) is 1.00. The maximum atomic E-state index is 11.9. The van der Waals surface area contributed by atoms with E-state index in [1.165, 1.54) is 0 Å². The van der Waals surface area contributed by atoms with Gasteiger partial charge in [-0.15, -0.1) is 11.3 Å². The lowest BCUT2D eigenvalue weighted by atomic mass is 10.0. The van der Waals surface area contributed by atoms with Crippen LogP contribution in [0, 0.1) is 0 Å². The molecule has 0 unspecified atom stereocenters. The van der Waals surface area contributed by atoms with Gasteiger partial charge in [0.2, 0.25) is 0 Å². The topological polar surface area (TPSA) is 44.8 Å². The summed E-state index contributed by atoms with van der Waals surface area (Å²) < 4.78 is 16.5. The lowest BCUT2D eigenvalue weighted by Gasteiger charge is -2.19. The van der Waals surface area contributed by atoms with Gasteiger partial charge in [0.1, 0.15) is 13.2 Å². The molecule has 0 radical (unpaired) electrons. The molecule has 1 aromatic carbocycles. The summed E-state index contributed by atoms with van der Waals surface area (Å²) >= 11 is 1.57. The van der Waals surface area contributed by atoms with Crippen molar-refractivity contribution in [2.24, 2.45) is 0 Å². The van der Waals surface area contributed by atoms with Crippen molar-refractivity contribution < 1.29 is 19.0 Å². The fourth-order valence-corrected chi connectivity index (χ4v) is 3.15. The Bertz CT molecular complexity index is 648. The van der Waals surface area contributed by atoms with Crippen LogP contribution in [-0.4, -0.2) is 19.2 Å². The van der Waals surface area contributed by atoms with Crippen LogP contribution >= 0.6 is 11.3 Å². The van der Waals surface area contributed by atoms with Crippen molar-refractivity contribution in [2.75, 3.05) is 13.2 Å². The number of rotatable bonds is 1. The van der Waals surface area contributed by atoms with E-state index in [1.807, 2.05) is 23.6 Å². The molecule has 96 valence electrons. The van der Waals surface area contributed by atoms with E-state index in [0.29, 0.717) is 30.3 Å². The molecule has 2 aromatic rings. The Morgan fingerprint density at radius 3 is 2.68 bits per heavy atom. The largest absolute Gasteiger partial charge is 0.486 e. The first-order valence-electron chi connectivity index (χ1n) is 6.01. The van der Waals surface area contributed by atoms with Crippen molar-refractivity contribution in [3.05, 3.63) is 45.6 Å². The highest BCUT2D eigenvalue weighted by molar-refractivity contribution is 7.10. The van der Waals surface area contributed by atoms with E-state index in [0.717, 1.165) is 10.4 Å². The molecular formula is C14H10O4S. The molecule has 2 aliphatic rings. The van der Waals surface area contributed by atoms with Crippen LogP contribution in [-0.2, 0) is 4.74 Å². The van der Waals surface area contributed by atoms with Gasteiger partial charge in [-0.2, -0.15) is 0 Å². The first kappa shape index (κ1) is 10.9. The fourth-order valence-electron chi connectivity index (χ4n) is 2.38. The van der Waals surface area contributed by atoms with Gasteiger partial charge in [0.25, 0.3) is 0 Å². The molecule has 1 atom stereocenters. The summed E-state index contributed by atoms with van der Waals surface area (Å²) in [6.07, 6.45) is -0.321. The number of thiophene rings is 1. The Kier molecular flexibility index (Phi) is 2.29. The molecule has 0 saturated heterocycles. The maximum absolute atomic E-state index is 11.9. The fraction of sp³-hybridized carbons (Fsp3) is 0.214. The zero-order chi connectivity index (χ0) is 12.8. The van der Waals surface area contributed by atoms with Gasteiger partial charge in [0, 0.05) is 10.4 Å². The van der Waals surface area contributed by atoms with Crippen LogP contribution in [0.2, 0.25) is 0 Å². The molecule has 5 heteroatoms. The van der Waals surface area contributed by atoms with Gasteiger partial charge < -0.3 is 14.2 Å². The molecule has 1 aromatic heterocycles. The first-order chi connectivity index (χ1) is 9.33. The number of carbonyl (C=O) groups excluding carboxylic acids is 1. The molecule has 0 bridgehead atoms. The third-order valence-electron chi connectivity index (χ3n) is 3.24. The molecule has 19 heavy (non-hydrogen) atoms. The quantitative estimate of drug-likeness (QED) is 0.750. The van der Waals surface area contributed by atoms with E-state index in [2.05, 4.69) is 0 Å². The Morgan fingerprint density at radius 1 is 1.16 bits per heavy atom. The van der Waals surface area contributed by atoms with Gasteiger partial charge in [-0.1, -0.05) is 6.07 Å². The normalized spacial score (nSPS) is 20.0. The number of benzene rings is 1. The van der Waals surface area contributed by atoms with Gasteiger partial charge in [0.05, 0.1) is 5.56 Å². The second kappa shape index (κ2) is 3.99. The highest BCUT2D eigenvalue weighted by atomic mass is 32.1.